The maximum Gasteiger partial charge on any atom is 0.416 e. The summed E-state index contributed by atoms with van der Waals surface area (Å²) in [6, 6.07) is 7.78. The van der Waals surface area contributed by atoms with Crippen LogP contribution in [0.25, 0.3) is 0 Å². The molecule has 2 aromatic rings. The van der Waals surface area contributed by atoms with Gasteiger partial charge in [-0.05, 0) is 46.3 Å². The van der Waals surface area contributed by atoms with Crippen LogP contribution in [0.5, 0.6) is 0 Å². The summed E-state index contributed by atoms with van der Waals surface area (Å²) in [5.41, 5.74) is -1.33. The molecule has 0 saturated carbocycles. The Morgan fingerprint density at radius 3 is 2.48 bits per heavy atom. The highest BCUT2D eigenvalue weighted by atomic mass is 79.9. The second-order valence-corrected chi connectivity index (χ2v) is 5.31. The molecule has 0 aliphatic carbocycles. The Morgan fingerprint density at radius 1 is 1.17 bits per heavy atom. The first-order chi connectivity index (χ1) is 10.7. The topological polar surface area (TPSA) is 72.2 Å². The van der Waals surface area contributed by atoms with Gasteiger partial charge in [0, 0.05) is 17.3 Å². The molecule has 1 N–H and O–H groups in total. The molecule has 23 heavy (non-hydrogen) atoms. The van der Waals surface area contributed by atoms with Gasteiger partial charge < -0.3 is 5.32 Å². The van der Waals surface area contributed by atoms with E-state index < -0.39 is 22.6 Å². The lowest BCUT2D eigenvalue weighted by molar-refractivity contribution is -0.385. The number of benzene rings is 2. The van der Waals surface area contributed by atoms with E-state index in [1.54, 1.807) is 0 Å². The molecule has 0 aromatic heterocycles. The average Bonchev–Trinajstić information content (AvgIpc) is 2.46. The summed E-state index contributed by atoms with van der Waals surface area (Å²) in [4.78, 5) is 22.2. The number of carbonyl (C=O) groups is 1. The van der Waals surface area contributed by atoms with E-state index in [0.717, 1.165) is 24.3 Å². The normalized spacial score (nSPS) is 11.1. The van der Waals surface area contributed by atoms with Gasteiger partial charge in [-0.3, -0.25) is 14.9 Å². The molecular formula is C14H8BrF3N2O3. The zero-order valence-electron chi connectivity index (χ0n) is 11.2. The van der Waals surface area contributed by atoms with E-state index in [2.05, 4.69) is 21.2 Å². The Kier molecular flexibility index (Phi) is 4.69. The zero-order chi connectivity index (χ0) is 17.2. The number of nitro groups is 1. The summed E-state index contributed by atoms with van der Waals surface area (Å²) in [6.07, 6.45) is -4.53. The van der Waals surface area contributed by atoms with Gasteiger partial charge in [0.2, 0.25) is 0 Å². The van der Waals surface area contributed by atoms with Gasteiger partial charge in [0.1, 0.15) is 0 Å². The predicted octanol–water partition coefficient (Wildman–Crippen LogP) is 4.63. The summed E-state index contributed by atoms with van der Waals surface area (Å²) in [5, 5.41) is 13.1. The number of alkyl halides is 3. The smallest absolute Gasteiger partial charge is 0.322 e. The van der Waals surface area contributed by atoms with Gasteiger partial charge in [0.15, 0.2) is 0 Å². The molecule has 0 radical (unpaired) electrons. The van der Waals surface area contributed by atoms with Crippen molar-refractivity contribution in [3.63, 3.8) is 0 Å². The molecule has 0 unspecified atom stereocenters. The summed E-state index contributed by atoms with van der Waals surface area (Å²) in [5.74, 6) is -0.750. The van der Waals surface area contributed by atoms with E-state index in [-0.39, 0.29) is 21.4 Å². The number of rotatable bonds is 3. The number of halogens is 4. The van der Waals surface area contributed by atoms with Crippen molar-refractivity contribution in [1.29, 1.82) is 0 Å². The number of carbonyl (C=O) groups excluding carboxylic acids is 1. The Hall–Kier alpha value is -2.42. The molecule has 9 heteroatoms. The molecule has 120 valence electrons. The van der Waals surface area contributed by atoms with Crippen molar-refractivity contribution in [2.24, 2.45) is 0 Å². The van der Waals surface area contributed by atoms with Crippen LogP contribution >= 0.6 is 15.9 Å². The Labute approximate surface area is 136 Å². The van der Waals surface area contributed by atoms with Gasteiger partial charge in [-0.25, -0.2) is 0 Å². The van der Waals surface area contributed by atoms with Crippen LogP contribution in [0, 0.1) is 10.1 Å². The van der Waals surface area contributed by atoms with E-state index >= 15 is 0 Å². The average molecular weight is 389 g/mol. The maximum atomic E-state index is 12.6. The standard InChI is InChI=1S/C14H8BrF3N2O3/c15-11-5-4-8(6-12(11)20(22)23)13(21)19-10-3-1-2-9(7-10)14(16,17)18/h1-7H,(H,19,21). The molecule has 2 aromatic carbocycles. The highest BCUT2D eigenvalue weighted by Gasteiger charge is 2.30. The van der Waals surface area contributed by atoms with E-state index in [1.807, 2.05) is 0 Å². The molecular weight excluding hydrogens is 381 g/mol. The number of hydrogen-bond acceptors (Lipinski definition) is 3. The van der Waals surface area contributed by atoms with Gasteiger partial charge in [0.25, 0.3) is 11.6 Å². The summed E-state index contributed by atoms with van der Waals surface area (Å²) < 4.78 is 38.1. The molecule has 0 aliphatic heterocycles. The van der Waals surface area contributed by atoms with Crippen molar-refractivity contribution in [1.82, 2.24) is 0 Å². The van der Waals surface area contributed by atoms with Crippen LogP contribution in [0.15, 0.2) is 46.9 Å². The summed E-state index contributed by atoms with van der Waals surface area (Å²) in [6.45, 7) is 0. The first kappa shape index (κ1) is 16.9. The lowest BCUT2D eigenvalue weighted by atomic mass is 10.1. The third-order valence-electron chi connectivity index (χ3n) is 2.85. The Morgan fingerprint density at radius 2 is 1.87 bits per heavy atom. The molecule has 0 spiro atoms. The van der Waals surface area contributed by atoms with Crippen LogP contribution in [-0.4, -0.2) is 10.8 Å². The molecule has 0 bridgehead atoms. The zero-order valence-corrected chi connectivity index (χ0v) is 12.8. The molecule has 0 saturated heterocycles. The number of amides is 1. The maximum absolute atomic E-state index is 12.6. The fourth-order valence-corrected chi connectivity index (χ4v) is 2.16. The van der Waals surface area contributed by atoms with Gasteiger partial charge in [-0.1, -0.05) is 6.07 Å². The molecule has 0 heterocycles. The van der Waals surface area contributed by atoms with E-state index in [4.69, 9.17) is 0 Å². The van der Waals surface area contributed by atoms with Gasteiger partial charge in [-0.15, -0.1) is 0 Å². The Bertz CT molecular complexity index is 778. The van der Waals surface area contributed by atoms with Gasteiger partial charge in [0.05, 0.1) is 15.0 Å². The van der Waals surface area contributed by atoms with Crippen LogP contribution in [0.2, 0.25) is 0 Å². The van der Waals surface area contributed by atoms with Crippen molar-refractivity contribution in [3.8, 4) is 0 Å². The molecule has 0 atom stereocenters. The molecule has 2 rings (SSSR count). The molecule has 0 aliphatic rings. The Balaban J connectivity index is 2.26. The first-order valence-corrected chi connectivity index (χ1v) is 6.90. The molecule has 5 nitrogen and oxygen atoms in total. The number of nitro benzene ring substituents is 1. The highest BCUT2D eigenvalue weighted by molar-refractivity contribution is 9.10. The minimum absolute atomic E-state index is 0.0442. The number of nitrogens with one attached hydrogen (secondary N) is 1. The number of anilines is 1. The third-order valence-corrected chi connectivity index (χ3v) is 3.52. The fraction of sp³-hybridized carbons (Fsp3) is 0.0714. The SMILES string of the molecule is O=C(Nc1cccc(C(F)(F)F)c1)c1ccc(Br)c([N+](=O)[O-])c1. The van der Waals surface area contributed by atoms with Crippen molar-refractivity contribution >= 4 is 33.2 Å². The minimum Gasteiger partial charge on any atom is -0.322 e. The van der Waals surface area contributed by atoms with Crippen LogP contribution in [-0.2, 0) is 6.18 Å². The predicted molar refractivity (Wildman–Crippen MR) is 80.2 cm³/mol. The van der Waals surface area contributed by atoms with Crippen LogP contribution in [0.3, 0.4) is 0 Å². The fourth-order valence-electron chi connectivity index (χ4n) is 1.77. The lowest BCUT2D eigenvalue weighted by Crippen LogP contribution is -2.13. The van der Waals surface area contributed by atoms with Crippen molar-refractivity contribution in [3.05, 3.63) is 68.2 Å². The van der Waals surface area contributed by atoms with Gasteiger partial charge in [-0.2, -0.15) is 13.2 Å². The van der Waals surface area contributed by atoms with E-state index in [9.17, 15) is 28.1 Å². The second-order valence-electron chi connectivity index (χ2n) is 4.46. The highest BCUT2D eigenvalue weighted by Crippen LogP contribution is 2.31. The van der Waals surface area contributed by atoms with Crippen molar-refractivity contribution in [2.45, 2.75) is 6.18 Å². The van der Waals surface area contributed by atoms with Crippen molar-refractivity contribution < 1.29 is 22.9 Å². The minimum atomic E-state index is -4.53. The quantitative estimate of drug-likeness (QED) is 0.615. The summed E-state index contributed by atoms with van der Waals surface area (Å²) in [7, 11) is 0. The van der Waals surface area contributed by atoms with Crippen molar-refractivity contribution in [2.75, 3.05) is 5.32 Å². The second kappa shape index (κ2) is 6.37. The molecule has 1 amide bonds. The number of hydrogen-bond donors (Lipinski definition) is 1. The van der Waals surface area contributed by atoms with E-state index in [0.29, 0.717) is 0 Å². The molecule has 0 fully saturated rings. The third kappa shape index (κ3) is 4.07. The first-order valence-electron chi connectivity index (χ1n) is 6.11. The van der Waals surface area contributed by atoms with Gasteiger partial charge >= 0.3 is 6.18 Å². The van der Waals surface area contributed by atoms with Crippen LogP contribution in [0.1, 0.15) is 15.9 Å². The lowest BCUT2D eigenvalue weighted by Gasteiger charge is -2.10. The monoisotopic (exact) mass is 388 g/mol. The largest absolute Gasteiger partial charge is 0.416 e. The van der Waals surface area contributed by atoms with E-state index in [1.165, 1.54) is 18.2 Å². The number of nitrogens with zero attached hydrogens (tertiary/aromatic N) is 1. The summed E-state index contributed by atoms with van der Waals surface area (Å²) >= 11 is 2.98. The van der Waals surface area contributed by atoms with Crippen LogP contribution < -0.4 is 5.32 Å². The van der Waals surface area contributed by atoms with Crippen LogP contribution in [0.4, 0.5) is 24.5 Å².